The Morgan fingerprint density at radius 3 is 2.82 bits per heavy atom. The summed E-state index contributed by atoms with van der Waals surface area (Å²) in [4.78, 5) is 25.8. The lowest BCUT2D eigenvalue weighted by Gasteiger charge is -2.11. The Morgan fingerprint density at radius 1 is 1.59 bits per heavy atom. The topological polar surface area (TPSA) is 79.3 Å². The highest BCUT2D eigenvalue weighted by Gasteiger charge is 2.17. The zero-order valence-electron chi connectivity index (χ0n) is 9.31. The second kappa shape index (κ2) is 5.93. The molecular formula is C11H13FN2O3. The number of carboxylic acid groups (broad SMARTS) is 1. The van der Waals surface area contributed by atoms with E-state index in [9.17, 15) is 14.0 Å². The maximum Gasteiger partial charge on any atom is 0.308 e. The van der Waals surface area contributed by atoms with Crippen molar-refractivity contribution in [3.8, 4) is 0 Å². The number of hydrogen-bond donors (Lipinski definition) is 2. The Bertz CT molecular complexity index is 423. The molecule has 0 fully saturated rings. The number of pyridine rings is 1. The van der Waals surface area contributed by atoms with Gasteiger partial charge in [0, 0.05) is 12.7 Å². The summed E-state index contributed by atoms with van der Waals surface area (Å²) in [6.45, 7) is 1.68. The molecule has 0 aliphatic rings. The number of aliphatic carboxylic acids is 1. The van der Waals surface area contributed by atoms with Gasteiger partial charge < -0.3 is 10.4 Å². The fraction of sp³-hybridized carbons (Fsp3) is 0.364. The summed E-state index contributed by atoms with van der Waals surface area (Å²) < 4.78 is 13.2. The average molecular weight is 240 g/mol. The summed E-state index contributed by atoms with van der Waals surface area (Å²) in [5.41, 5.74) is -0.139. The molecule has 0 aromatic carbocycles. The van der Waals surface area contributed by atoms with Crippen LogP contribution < -0.4 is 5.32 Å². The number of carbonyl (C=O) groups is 2. The van der Waals surface area contributed by atoms with E-state index in [1.807, 2.05) is 0 Å². The van der Waals surface area contributed by atoms with Crippen LogP contribution in [-0.2, 0) is 4.79 Å². The highest BCUT2D eigenvalue weighted by Crippen LogP contribution is 2.05. The fourth-order valence-corrected chi connectivity index (χ4v) is 1.28. The average Bonchev–Trinajstić information content (AvgIpc) is 2.29. The second-order valence-electron chi connectivity index (χ2n) is 3.51. The van der Waals surface area contributed by atoms with E-state index in [4.69, 9.17) is 5.11 Å². The first-order valence-electron chi connectivity index (χ1n) is 5.16. The van der Waals surface area contributed by atoms with Crippen molar-refractivity contribution in [3.63, 3.8) is 0 Å². The van der Waals surface area contributed by atoms with Crippen LogP contribution in [0.25, 0.3) is 0 Å². The molecule has 0 aliphatic heterocycles. The number of carbonyl (C=O) groups excluding carboxylic acids is 1. The van der Waals surface area contributed by atoms with E-state index >= 15 is 0 Å². The van der Waals surface area contributed by atoms with Gasteiger partial charge in [-0.25, -0.2) is 4.39 Å². The van der Waals surface area contributed by atoms with E-state index in [0.717, 1.165) is 6.20 Å². The van der Waals surface area contributed by atoms with Crippen molar-refractivity contribution in [1.82, 2.24) is 10.3 Å². The van der Waals surface area contributed by atoms with Crippen molar-refractivity contribution in [2.24, 2.45) is 5.92 Å². The summed E-state index contributed by atoms with van der Waals surface area (Å²) in [7, 11) is 0. The normalized spacial score (nSPS) is 11.9. The fourth-order valence-electron chi connectivity index (χ4n) is 1.28. The van der Waals surface area contributed by atoms with Crippen LogP contribution in [0.2, 0.25) is 0 Å². The summed E-state index contributed by atoms with van der Waals surface area (Å²) in [5, 5.41) is 11.2. The van der Waals surface area contributed by atoms with Crippen LogP contribution in [0.4, 0.5) is 4.39 Å². The number of carboxylic acids is 1. The number of amides is 1. The summed E-state index contributed by atoms with van der Waals surface area (Å²) in [5.74, 6) is -3.01. The molecule has 1 unspecified atom stereocenters. The van der Waals surface area contributed by atoms with E-state index in [0.29, 0.717) is 6.42 Å². The monoisotopic (exact) mass is 240 g/mol. The van der Waals surface area contributed by atoms with Crippen LogP contribution in [0.5, 0.6) is 0 Å². The van der Waals surface area contributed by atoms with Gasteiger partial charge in [0.2, 0.25) is 0 Å². The number of nitrogens with zero attached hydrogens (tertiary/aromatic N) is 1. The third-order valence-electron chi connectivity index (χ3n) is 2.37. The highest BCUT2D eigenvalue weighted by atomic mass is 19.1. The van der Waals surface area contributed by atoms with E-state index < -0.39 is 23.6 Å². The second-order valence-corrected chi connectivity index (χ2v) is 3.51. The molecule has 92 valence electrons. The predicted octanol–water partition coefficient (Wildman–Crippen LogP) is 1.06. The molecule has 1 heterocycles. The van der Waals surface area contributed by atoms with Gasteiger partial charge in [0.25, 0.3) is 5.91 Å². The molecule has 2 N–H and O–H groups in total. The third-order valence-corrected chi connectivity index (χ3v) is 2.37. The van der Waals surface area contributed by atoms with Gasteiger partial charge in [0.15, 0.2) is 5.82 Å². The van der Waals surface area contributed by atoms with Crippen LogP contribution in [0.3, 0.4) is 0 Å². The number of aromatic nitrogens is 1. The number of halogens is 1. The third kappa shape index (κ3) is 3.51. The Kier molecular flexibility index (Phi) is 4.56. The van der Waals surface area contributed by atoms with E-state index in [2.05, 4.69) is 10.3 Å². The molecule has 5 nitrogen and oxygen atoms in total. The lowest BCUT2D eigenvalue weighted by molar-refractivity contribution is -0.141. The number of nitrogens with one attached hydrogen (secondary N) is 1. The molecule has 0 saturated carbocycles. The summed E-state index contributed by atoms with van der Waals surface area (Å²) in [6.07, 6.45) is 2.63. The molecule has 0 saturated heterocycles. The number of hydrogen-bond acceptors (Lipinski definition) is 3. The molecule has 0 spiro atoms. The maximum absolute atomic E-state index is 13.2. The molecule has 1 aromatic rings. The first-order valence-corrected chi connectivity index (χ1v) is 5.16. The van der Waals surface area contributed by atoms with Gasteiger partial charge >= 0.3 is 5.97 Å². The SMILES string of the molecule is CCC(CNC(=O)c1ccncc1F)C(=O)O. The molecular weight excluding hydrogens is 227 g/mol. The maximum atomic E-state index is 13.2. The van der Waals surface area contributed by atoms with E-state index in [1.54, 1.807) is 6.92 Å². The van der Waals surface area contributed by atoms with Crippen molar-refractivity contribution in [2.75, 3.05) is 6.54 Å². The van der Waals surface area contributed by atoms with Gasteiger partial charge in [-0.05, 0) is 12.5 Å². The smallest absolute Gasteiger partial charge is 0.308 e. The van der Waals surface area contributed by atoms with Gasteiger partial charge in [-0.15, -0.1) is 0 Å². The predicted molar refractivity (Wildman–Crippen MR) is 57.9 cm³/mol. The van der Waals surface area contributed by atoms with Crippen molar-refractivity contribution >= 4 is 11.9 Å². The standard InChI is InChI=1S/C11H13FN2O3/c1-2-7(11(16)17)5-14-10(15)8-3-4-13-6-9(8)12/h3-4,6-7H,2,5H2,1H3,(H,14,15)(H,16,17). The first-order chi connectivity index (χ1) is 8.06. The molecule has 1 atom stereocenters. The van der Waals surface area contributed by atoms with Crippen molar-refractivity contribution in [2.45, 2.75) is 13.3 Å². The Hall–Kier alpha value is -1.98. The molecule has 0 bridgehead atoms. The van der Waals surface area contributed by atoms with Crippen molar-refractivity contribution in [3.05, 3.63) is 29.8 Å². The quantitative estimate of drug-likeness (QED) is 0.806. The minimum absolute atomic E-state index is 0.0214. The lowest BCUT2D eigenvalue weighted by Crippen LogP contribution is -2.33. The van der Waals surface area contributed by atoms with Gasteiger partial charge in [-0.2, -0.15) is 0 Å². The highest BCUT2D eigenvalue weighted by molar-refractivity contribution is 5.94. The van der Waals surface area contributed by atoms with Crippen LogP contribution in [0.1, 0.15) is 23.7 Å². The van der Waals surface area contributed by atoms with Crippen molar-refractivity contribution < 1.29 is 19.1 Å². The van der Waals surface area contributed by atoms with E-state index in [-0.39, 0.29) is 12.1 Å². The van der Waals surface area contributed by atoms with Gasteiger partial charge in [-0.1, -0.05) is 6.92 Å². The van der Waals surface area contributed by atoms with E-state index in [1.165, 1.54) is 12.3 Å². The minimum atomic E-state index is -0.983. The Morgan fingerprint density at radius 2 is 2.29 bits per heavy atom. The van der Waals surface area contributed by atoms with Gasteiger partial charge in [0.1, 0.15) is 0 Å². The zero-order valence-corrected chi connectivity index (χ0v) is 9.31. The van der Waals surface area contributed by atoms with Gasteiger partial charge in [0.05, 0.1) is 17.7 Å². The Labute approximate surface area is 97.7 Å². The summed E-state index contributed by atoms with van der Waals surface area (Å²) in [6, 6.07) is 1.24. The minimum Gasteiger partial charge on any atom is -0.481 e. The van der Waals surface area contributed by atoms with Crippen LogP contribution in [0.15, 0.2) is 18.5 Å². The summed E-state index contributed by atoms with van der Waals surface area (Å²) >= 11 is 0. The van der Waals surface area contributed by atoms with Crippen molar-refractivity contribution in [1.29, 1.82) is 0 Å². The van der Waals surface area contributed by atoms with Crippen LogP contribution in [0, 0.1) is 11.7 Å². The molecule has 0 radical (unpaired) electrons. The molecule has 1 amide bonds. The zero-order chi connectivity index (χ0) is 12.8. The molecule has 6 heteroatoms. The Balaban J connectivity index is 2.62. The largest absolute Gasteiger partial charge is 0.481 e. The lowest BCUT2D eigenvalue weighted by atomic mass is 10.1. The molecule has 17 heavy (non-hydrogen) atoms. The molecule has 0 aliphatic carbocycles. The molecule has 1 aromatic heterocycles. The van der Waals surface area contributed by atoms with Crippen LogP contribution in [-0.4, -0.2) is 28.5 Å². The first kappa shape index (κ1) is 13.1. The number of rotatable bonds is 5. The van der Waals surface area contributed by atoms with Crippen LogP contribution >= 0.6 is 0 Å². The van der Waals surface area contributed by atoms with Gasteiger partial charge in [-0.3, -0.25) is 14.6 Å². The molecule has 1 rings (SSSR count).